The molecule has 4 aromatic rings. The van der Waals surface area contributed by atoms with Crippen molar-refractivity contribution >= 4 is 28.3 Å². The van der Waals surface area contributed by atoms with Crippen molar-refractivity contribution in [2.75, 3.05) is 5.32 Å². The molecule has 0 fully saturated rings. The van der Waals surface area contributed by atoms with Gasteiger partial charge in [-0.1, -0.05) is 42.5 Å². The summed E-state index contributed by atoms with van der Waals surface area (Å²) in [5.74, 6) is -0.491. The highest BCUT2D eigenvalue weighted by atomic mass is 32.1. The smallest absolute Gasteiger partial charge is 0.266 e. The second kappa shape index (κ2) is 10.3. The third-order valence-electron chi connectivity index (χ3n) is 6.88. The van der Waals surface area contributed by atoms with Gasteiger partial charge in [0.05, 0.1) is 5.56 Å². The number of nitrogens with zero attached hydrogens (tertiary/aromatic N) is 3. The van der Waals surface area contributed by atoms with Gasteiger partial charge in [-0.15, -0.1) is 11.3 Å². The van der Waals surface area contributed by atoms with Crippen molar-refractivity contribution in [1.82, 2.24) is 4.57 Å². The lowest BCUT2D eigenvalue weighted by atomic mass is 9.96. The highest BCUT2D eigenvalue weighted by molar-refractivity contribution is 7.16. The Balaban J connectivity index is 1.42. The minimum Gasteiger partial charge on any atom is -0.318 e. The Morgan fingerprint density at radius 1 is 1.00 bits per heavy atom. The fourth-order valence-corrected chi connectivity index (χ4v) is 6.25. The Bertz CT molecular complexity index is 1590. The summed E-state index contributed by atoms with van der Waals surface area (Å²) >= 11 is 1.46. The highest BCUT2D eigenvalue weighted by Crippen LogP contribution is 2.38. The first-order valence-electron chi connectivity index (χ1n) is 12.3. The summed E-state index contributed by atoms with van der Waals surface area (Å²) in [7, 11) is 0. The van der Waals surface area contributed by atoms with E-state index in [4.69, 9.17) is 0 Å². The van der Waals surface area contributed by atoms with Crippen LogP contribution in [0.3, 0.4) is 0 Å². The van der Waals surface area contributed by atoms with E-state index in [9.17, 15) is 15.3 Å². The third-order valence-corrected chi connectivity index (χ3v) is 8.09. The number of amides is 1. The van der Waals surface area contributed by atoms with Gasteiger partial charge in [-0.25, -0.2) is 0 Å². The summed E-state index contributed by atoms with van der Waals surface area (Å²) in [6.45, 7) is 3.99. The number of benzene rings is 2. The molecule has 5 nitrogen and oxygen atoms in total. The van der Waals surface area contributed by atoms with Gasteiger partial charge in [0.15, 0.2) is 0 Å². The van der Waals surface area contributed by atoms with Gasteiger partial charge in [0.1, 0.15) is 22.7 Å². The number of hydrogen-bond donors (Lipinski definition) is 1. The number of carbonyl (C=O) groups excluding carboxylic acids is 1. The molecule has 2 aromatic heterocycles. The molecule has 1 aliphatic rings. The Morgan fingerprint density at radius 3 is 2.41 bits per heavy atom. The highest BCUT2D eigenvalue weighted by Gasteiger charge is 2.23. The van der Waals surface area contributed by atoms with Crippen LogP contribution in [0.25, 0.3) is 22.9 Å². The van der Waals surface area contributed by atoms with Crippen LogP contribution in [0.4, 0.5) is 5.00 Å². The van der Waals surface area contributed by atoms with E-state index in [1.54, 1.807) is 6.08 Å². The Labute approximate surface area is 220 Å². The number of hydrogen-bond acceptors (Lipinski definition) is 4. The fraction of sp³-hybridized carbons (Fsp3) is 0.194. The van der Waals surface area contributed by atoms with Crippen molar-refractivity contribution in [3.8, 4) is 29.0 Å². The molecule has 6 heteroatoms. The number of nitrogens with one attached hydrogen (secondary N) is 1. The zero-order valence-electron chi connectivity index (χ0n) is 20.8. The van der Waals surface area contributed by atoms with E-state index in [2.05, 4.69) is 58.4 Å². The van der Waals surface area contributed by atoms with Gasteiger partial charge < -0.3 is 9.88 Å². The molecule has 1 N–H and O–H groups in total. The molecule has 0 atom stereocenters. The van der Waals surface area contributed by atoms with E-state index in [0.717, 1.165) is 65.0 Å². The van der Waals surface area contributed by atoms with E-state index in [1.165, 1.54) is 16.2 Å². The first-order chi connectivity index (χ1) is 18.0. The summed E-state index contributed by atoms with van der Waals surface area (Å²) in [5.41, 5.74) is 7.68. The van der Waals surface area contributed by atoms with Crippen molar-refractivity contribution < 1.29 is 4.79 Å². The first kappa shape index (κ1) is 24.3. The van der Waals surface area contributed by atoms with Gasteiger partial charge in [0.25, 0.3) is 5.91 Å². The van der Waals surface area contributed by atoms with Crippen molar-refractivity contribution in [3.05, 3.63) is 99.2 Å². The fourth-order valence-electron chi connectivity index (χ4n) is 5.01. The average Bonchev–Trinajstić information content (AvgIpc) is 3.42. The van der Waals surface area contributed by atoms with Crippen LogP contribution in [-0.4, -0.2) is 10.5 Å². The molecular weight excluding hydrogens is 476 g/mol. The van der Waals surface area contributed by atoms with Crippen LogP contribution in [-0.2, 0) is 17.6 Å². The second-order valence-electron chi connectivity index (χ2n) is 9.23. The zero-order valence-corrected chi connectivity index (χ0v) is 21.7. The maximum atomic E-state index is 13.1. The van der Waals surface area contributed by atoms with Crippen molar-refractivity contribution in [3.63, 3.8) is 0 Å². The molecule has 182 valence electrons. The topological polar surface area (TPSA) is 81.6 Å². The Kier molecular flexibility index (Phi) is 6.77. The number of nitriles is 2. The molecule has 1 aliphatic carbocycles. The van der Waals surface area contributed by atoms with Gasteiger partial charge in [0, 0.05) is 22.0 Å². The molecule has 0 saturated heterocycles. The number of anilines is 1. The quantitative estimate of drug-likeness (QED) is 0.233. The zero-order chi connectivity index (χ0) is 25.9. The summed E-state index contributed by atoms with van der Waals surface area (Å²) in [6, 6.07) is 24.9. The van der Waals surface area contributed by atoms with Crippen LogP contribution in [0.5, 0.6) is 0 Å². The number of thiophene rings is 1. The first-order valence-corrected chi connectivity index (χ1v) is 13.1. The number of rotatable bonds is 5. The van der Waals surface area contributed by atoms with E-state index in [-0.39, 0.29) is 5.57 Å². The molecule has 0 bridgehead atoms. The average molecular weight is 503 g/mol. The molecule has 0 saturated carbocycles. The molecule has 2 aromatic carbocycles. The van der Waals surface area contributed by atoms with E-state index in [1.807, 2.05) is 38.1 Å². The standard InChI is InChI=1S/C31H26N4OS/c1-20-16-24(21(2)35(20)26-14-12-23(13-15-26)22-8-4-3-5-9-22)17-25(18-32)30(36)34-31-28(19-33)27-10-6-7-11-29(27)37-31/h3-5,8-9,12-17H,6-7,10-11H2,1-2H3,(H,34,36)/b25-17-. The van der Waals surface area contributed by atoms with Crippen molar-refractivity contribution in [2.24, 2.45) is 0 Å². The van der Waals surface area contributed by atoms with Gasteiger partial charge in [-0.2, -0.15) is 10.5 Å². The monoisotopic (exact) mass is 502 g/mol. The van der Waals surface area contributed by atoms with Gasteiger partial charge in [-0.3, -0.25) is 4.79 Å². The number of aryl methyl sites for hydroxylation is 2. The summed E-state index contributed by atoms with van der Waals surface area (Å²) in [6.07, 6.45) is 5.58. The van der Waals surface area contributed by atoms with E-state index in [0.29, 0.717) is 10.6 Å². The van der Waals surface area contributed by atoms with Gasteiger partial charge in [-0.05, 0) is 86.1 Å². The maximum Gasteiger partial charge on any atom is 0.266 e. The molecule has 2 heterocycles. The van der Waals surface area contributed by atoms with Crippen molar-refractivity contribution in [1.29, 1.82) is 10.5 Å². The Hall–Kier alpha value is -4.39. The molecule has 37 heavy (non-hydrogen) atoms. The number of carbonyl (C=O) groups is 1. The summed E-state index contributed by atoms with van der Waals surface area (Å²) < 4.78 is 2.12. The van der Waals surface area contributed by atoms with E-state index < -0.39 is 5.91 Å². The molecule has 0 unspecified atom stereocenters. The minimum absolute atomic E-state index is 0.00920. The van der Waals surface area contributed by atoms with E-state index >= 15 is 0 Å². The predicted octanol–water partition coefficient (Wildman–Crippen LogP) is 7.12. The SMILES string of the molecule is Cc1cc(/C=C(/C#N)C(=O)Nc2sc3c(c2C#N)CCCC3)c(C)n1-c1ccc(-c2ccccc2)cc1. The summed E-state index contributed by atoms with van der Waals surface area (Å²) in [5, 5.41) is 22.9. The molecular formula is C31H26N4OS. The third kappa shape index (κ3) is 4.72. The van der Waals surface area contributed by atoms with Crippen molar-refractivity contribution in [2.45, 2.75) is 39.5 Å². The van der Waals surface area contributed by atoms with Crippen LogP contribution < -0.4 is 5.32 Å². The molecule has 0 spiro atoms. The van der Waals surface area contributed by atoms with Crippen LogP contribution in [0.1, 0.15) is 45.8 Å². The molecule has 5 rings (SSSR count). The predicted molar refractivity (Wildman–Crippen MR) is 149 cm³/mol. The molecule has 1 amide bonds. The molecule has 0 radical (unpaired) electrons. The van der Waals surface area contributed by atoms with Gasteiger partial charge >= 0.3 is 0 Å². The lowest BCUT2D eigenvalue weighted by Crippen LogP contribution is -2.13. The maximum absolute atomic E-state index is 13.1. The number of fused-ring (bicyclic) bond motifs is 1. The minimum atomic E-state index is -0.491. The second-order valence-corrected chi connectivity index (χ2v) is 10.3. The lowest BCUT2D eigenvalue weighted by molar-refractivity contribution is -0.112. The van der Waals surface area contributed by atoms with Crippen LogP contribution in [0.2, 0.25) is 0 Å². The largest absolute Gasteiger partial charge is 0.318 e. The number of aromatic nitrogens is 1. The van der Waals surface area contributed by atoms with Crippen LogP contribution in [0.15, 0.2) is 66.2 Å². The van der Waals surface area contributed by atoms with Crippen LogP contribution in [0, 0.1) is 36.5 Å². The lowest BCUT2D eigenvalue weighted by Gasteiger charge is -2.11. The molecule has 0 aliphatic heterocycles. The Morgan fingerprint density at radius 2 is 1.70 bits per heavy atom. The van der Waals surface area contributed by atoms with Crippen LogP contribution >= 0.6 is 11.3 Å². The van der Waals surface area contributed by atoms with Gasteiger partial charge in [0.2, 0.25) is 0 Å². The normalized spacial score (nSPS) is 12.9. The summed E-state index contributed by atoms with van der Waals surface area (Å²) in [4.78, 5) is 14.2.